The monoisotopic (exact) mass is 292 g/mol. The zero-order chi connectivity index (χ0) is 14.7. The molecule has 0 radical (unpaired) electrons. The lowest BCUT2D eigenvalue weighted by atomic mass is 10.2. The van der Waals surface area contributed by atoms with Gasteiger partial charge in [-0.2, -0.15) is 0 Å². The van der Waals surface area contributed by atoms with Crippen molar-refractivity contribution >= 4 is 17.3 Å². The summed E-state index contributed by atoms with van der Waals surface area (Å²) in [4.78, 5) is 0. The van der Waals surface area contributed by atoms with Gasteiger partial charge in [-0.1, -0.05) is 11.6 Å². The minimum Gasteiger partial charge on any atom is -0.495 e. The van der Waals surface area contributed by atoms with Gasteiger partial charge in [0.25, 0.3) is 0 Å². The Kier molecular flexibility index (Phi) is 4.61. The van der Waals surface area contributed by atoms with Crippen molar-refractivity contribution in [2.24, 2.45) is 0 Å². The first-order chi connectivity index (χ1) is 9.56. The van der Waals surface area contributed by atoms with Gasteiger partial charge in [0.05, 0.1) is 12.1 Å². The van der Waals surface area contributed by atoms with E-state index in [9.17, 15) is 0 Å². The summed E-state index contributed by atoms with van der Waals surface area (Å²) in [7, 11) is 1.62. The molecule has 0 spiro atoms. The van der Waals surface area contributed by atoms with E-state index in [2.05, 4.69) is 36.7 Å². The topological polar surface area (TPSA) is 26.2 Å². The van der Waals surface area contributed by atoms with E-state index in [1.807, 2.05) is 18.2 Å². The second-order valence-electron chi connectivity index (χ2n) is 4.84. The summed E-state index contributed by atoms with van der Waals surface area (Å²) in [5.41, 5.74) is 4.93. The summed E-state index contributed by atoms with van der Waals surface area (Å²) in [6.07, 6.45) is 0. The Morgan fingerprint density at radius 1 is 1.25 bits per heavy atom. The van der Waals surface area contributed by atoms with Gasteiger partial charge in [-0.25, -0.2) is 0 Å². The zero-order valence-corrected chi connectivity index (χ0v) is 13.2. The Labute approximate surface area is 125 Å². The number of hydrogen-bond donors (Lipinski definition) is 1. The summed E-state index contributed by atoms with van der Waals surface area (Å²) < 4.78 is 7.47. The number of aryl methyl sites for hydroxylation is 1. The number of halogens is 1. The largest absolute Gasteiger partial charge is 0.495 e. The molecule has 20 heavy (non-hydrogen) atoms. The molecule has 0 saturated heterocycles. The number of benzene rings is 1. The highest BCUT2D eigenvalue weighted by molar-refractivity contribution is 6.32. The number of anilines is 1. The fourth-order valence-electron chi connectivity index (χ4n) is 2.51. The molecule has 0 bridgehead atoms. The van der Waals surface area contributed by atoms with Crippen molar-refractivity contribution in [3.63, 3.8) is 0 Å². The number of aromatic nitrogens is 1. The first-order valence-electron chi connectivity index (χ1n) is 6.79. The molecule has 0 aliphatic rings. The highest BCUT2D eigenvalue weighted by atomic mass is 35.5. The number of nitrogens with one attached hydrogen (secondary N) is 1. The molecule has 3 nitrogen and oxygen atoms in total. The normalized spacial score (nSPS) is 10.7. The molecule has 2 rings (SSSR count). The average molecular weight is 293 g/mol. The number of nitrogens with zero attached hydrogens (tertiary/aromatic N) is 1. The van der Waals surface area contributed by atoms with E-state index in [1.54, 1.807) is 7.11 Å². The lowest BCUT2D eigenvalue weighted by Crippen LogP contribution is -2.03. The molecule has 108 valence electrons. The van der Waals surface area contributed by atoms with Crippen LogP contribution in [-0.2, 0) is 13.1 Å². The van der Waals surface area contributed by atoms with Crippen LogP contribution in [0, 0.1) is 13.8 Å². The Morgan fingerprint density at radius 3 is 2.55 bits per heavy atom. The predicted octanol–water partition coefficient (Wildman–Crippen LogP) is 4.40. The van der Waals surface area contributed by atoms with Crippen LogP contribution in [0.15, 0.2) is 24.3 Å². The third kappa shape index (κ3) is 2.93. The van der Waals surface area contributed by atoms with Crippen LogP contribution < -0.4 is 10.1 Å². The van der Waals surface area contributed by atoms with E-state index in [4.69, 9.17) is 16.3 Å². The molecule has 2 aromatic rings. The number of rotatable bonds is 5. The molecule has 1 aromatic carbocycles. The van der Waals surface area contributed by atoms with Gasteiger partial charge < -0.3 is 14.6 Å². The van der Waals surface area contributed by atoms with Crippen molar-refractivity contribution in [3.05, 3.63) is 46.2 Å². The number of methoxy groups -OCH3 is 1. The van der Waals surface area contributed by atoms with Crippen molar-refractivity contribution in [1.82, 2.24) is 4.57 Å². The number of ether oxygens (including phenoxy) is 1. The Bertz CT molecular complexity index is 605. The molecule has 0 fully saturated rings. The van der Waals surface area contributed by atoms with Crippen LogP contribution in [0.3, 0.4) is 0 Å². The quantitative estimate of drug-likeness (QED) is 0.884. The van der Waals surface area contributed by atoms with Gasteiger partial charge in [-0.05, 0) is 50.6 Å². The average Bonchev–Trinajstić information content (AvgIpc) is 2.70. The summed E-state index contributed by atoms with van der Waals surface area (Å²) in [5, 5.41) is 4.03. The smallest absolute Gasteiger partial charge is 0.137 e. The predicted molar refractivity (Wildman–Crippen MR) is 84.9 cm³/mol. The second-order valence-corrected chi connectivity index (χ2v) is 5.25. The first kappa shape index (κ1) is 14.8. The first-order valence-corrected chi connectivity index (χ1v) is 7.17. The van der Waals surface area contributed by atoms with E-state index in [-0.39, 0.29) is 0 Å². The van der Waals surface area contributed by atoms with E-state index >= 15 is 0 Å². The van der Waals surface area contributed by atoms with Crippen LogP contribution in [-0.4, -0.2) is 11.7 Å². The highest BCUT2D eigenvalue weighted by Crippen LogP contribution is 2.27. The van der Waals surface area contributed by atoms with Gasteiger partial charge in [0.2, 0.25) is 0 Å². The fourth-order valence-corrected chi connectivity index (χ4v) is 2.77. The maximum absolute atomic E-state index is 6.13. The third-order valence-corrected chi connectivity index (χ3v) is 3.92. The molecule has 1 N–H and O–H groups in total. The van der Waals surface area contributed by atoms with Gasteiger partial charge in [-0.15, -0.1) is 0 Å². The van der Waals surface area contributed by atoms with Crippen LogP contribution in [0.5, 0.6) is 5.75 Å². The van der Waals surface area contributed by atoms with Crippen molar-refractivity contribution in [3.8, 4) is 5.75 Å². The van der Waals surface area contributed by atoms with E-state index in [1.165, 1.54) is 17.0 Å². The molecule has 0 atom stereocenters. The Balaban J connectivity index is 2.11. The molecule has 0 aliphatic carbocycles. The molecule has 0 unspecified atom stereocenters. The maximum Gasteiger partial charge on any atom is 0.137 e. The van der Waals surface area contributed by atoms with Crippen LogP contribution in [0.4, 0.5) is 5.69 Å². The molecule has 0 aliphatic heterocycles. The molecule has 0 saturated carbocycles. The number of hydrogen-bond acceptors (Lipinski definition) is 2. The zero-order valence-electron chi connectivity index (χ0n) is 12.5. The molecule has 1 heterocycles. The molecule has 1 aromatic heterocycles. The molecular formula is C16H21ClN2O. The minimum atomic E-state index is 0.622. The van der Waals surface area contributed by atoms with Crippen LogP contribution in [0.2, 0.25) is 5.02 Å². The summed E-state index contributed by atoms with van der Waals surface area (Å²) in [5.74, 6) is 0.696. The molecular weight excluding hydrogens is 272 g/mol. The highest BCUT2D eigenvalue weighted by Gasteiger charge is 2.08. The molecule has 4 heteroatoms. The lowest BCUT2D eigenvalue weighted by Gasteiger charge is -2.10. The van der Waals surface area contributed by atoms with Crippen molar-refractivity contribution in [2.75, 3.05) is 12.4 Å². The van der Waals surface area contributed by atoms with Gasteiger partial charge in [0, 0.05) is 30.2 Å². The van der Waals surface area contributed by atoms with E-state index in [0.29, 0.717) is 10.8 Å². The summed E-state index contributed by atoms with van der Waals surface area (Å²) in [6, 6.07) is 7.97. The van der Waals surface area contributed by atoms with Crippen molar-refractivity contribution < 1.29 is 4.74 Å². The van der Waals surface area contributed by atoms with Crippen LogP contribution in [0.1, 0.15) is 23.9 Å². The SMILES string of the molecule is CCn1c(C)cc(CNc2ccc(OC)c(Cl)c2)c1C. The summed E-state index contributed by atoms with van der Waals surface area (Å²) >= 11 is 6.13. The minimum absolute atomic E-state index is 0.622. The standard InChI is InChI=1S/C16H21ClN2O/c1-5-19-11(2)8-13(12(19)3)10-18-14-6-7-16(20-4)15(17)9-14/h6-9,18H,5,10H2,1-4H3. The molecule has 0 amide bonds. The Morgan fingerprint density at radius 2 is 2.00 bits per heavy atom. The van der Waals surface area contributed by atoms with Gasteiger partial charge in [0.15, 0.2) is 0 Å². The van der Waals surface area contributed by atoms with Crippen LogP contribution >= 0.6 is 11.6 Å². The van der Waals surface area contributed by atoms with E-state index < -0.39 is 0 Å². The van der Waals surface area contributed by atoms with Gasteiger partial charge in [-0.3, -0.25) is 0 Å². The van der Waals surface area contributed by atoms with Gasteiger partial charge >= 0.3 is 0 Å². The van der Waals surface area contributed by atoms with Crippen molar-refractivity contribution in [2.45, 2.75) is 33.9 Å². The van der Waals surface area contributed by atoms with Crippen molar-refractivity contribution in [1.29, 1.82) is 0 Å². The summed E-state index contributed by atoms with van der Waals surface area (Å²) in [6.45, 7) is 8.27. The Hall–Kier alpha value is -1.61. The van der Waals surface area contributed by atoms with Crippen LogP contribution in [0.25, 0.3) is 0 Å². The lowest BCUT2D eigenvalue weighted by molar-refractivity contribution is 0.415. The van der Waals surface area contributed by atoms with Gasteiger partial charge in [0.1, 0.15) is 5.75 Å². The maximum atomic E-state index is 6.13. The fraction of sp³-hybridized carbons (Fsp3) is 0.375. The second kappa shape index (κ2) is 6.23. The van der Waals surface area contributed by atoms with E-state index in [0.717, 1.165) is 18.8 Å². The third-order valence-electron chi connectivity index (χ3n) is 3.63.